The fraction of sp³-hybridized carbons (Fsp3) is 0.471. The minimum absolute atomic E-state index is 0.434. The van der Waals surface area contributed by atoms with Crippen molar-refractivity contribution in [3.05, 3.63) is 47.3 Å². The number of hydrogen-bond acceptors (Lipinski definition) is 2. The van der Waals surface area contributed by atoms with Crippen molar-refractivity contribution in [3.8, 4) is 5.69 Å². The molecule has 0 fully saturated rings. The number of nitrogens with two attached hydrogens (primary N) is 1. The first-order valence-electron chi connectivity index (χ1n) is 7.41. The molecule has 108 valence electrons. The van der Waals surface area contributed by atoms with Crippen LogP contribution in [0, 0.1) is 0 Å². The second-order valence-corrected chi connectivity index (χ2v) is 5.91. The lowest BCUT2D eigenvalue weighted by Crippen LogP contribution is -2.08. The van der Waals surface area contributed by atoms with Crippen molar-refractivity contribution in [2.45, 2.75) is 46.0 Å². The lowest BCUT2D eigenvalue weighted by molar-refractivity contribution is 0.723. The lowest BCUT2D eigenvalue weighted by atomic mass is 10.0. The Balaban J connectivity index is 2.41. The van der Waals surface area contributed by atoms with Crippen LogP contribution in [0.4, 0.5) is 0 Å². The maximum atomic E-state index is 5.69. The second kappa shape index (κ2) is 6.23. The fourth-order valence-corrected chi connectivity index (χ4v) is 2.56. The zero-order valence-corrected chi connectivity index (χ0v) is 12.9. The first-order chi connectivity index (χ1) is 9.54. The molecular weight excluding hydrogens is 246 g/mol. The van der Waals surface area contributed by atoms with Gasteiger partial charge in [0, 0.05) is 0 Å². The van der Waals surface area contributed by atoms with Crippen molar-refractivity contribution in [1.29, 1.82) is 0 Å². The van der Waals surface area contributed by atoms with Crippen LogP contribution in [0.2, 0.25) is 0 Å². The van der Waals surface area contributed by atoms with E-state index in [0.29, 0.717) is 18.4 Å². The highest BCUT2D eigenvalue weighted by molar-refractivity contribution is 5.39. The summed E-state index contributed by atoms with van der Waals surface area (Å²) in [5, 5.41) is 4.56. The van der Waals surface area contributed by atoms with E-state index in [0.717, 1.165) is 12.1 Å². The highest BCUT2D eigenvalue weighted by atomic mass is 15.3. The fourth-order valence-electron chi connectivity index (χ4n) is 2.56. The quantitative estimate of drug-likeness (QED) is 0.902. The van der Waals surface area contributed by atoms with E-state index < -0.39 is 0 Å². The van der Waals surface area contributed by atoms with Gasteiger partial charge in [0.15, 0.2) is 0 Å². The topological polar surface area (TPSA) is 43.8 Å². The second-order valence-electron chi connectivity index (χ2n) is 5.91. The molecule has 20 heavy (non-hydrogen) atoms. The lowest BCUT2D eigenvalue weighted by Gasteiger charge is -2.13. The largest absolute Gasteiger partial charge is 0.330 e. The van der Waals surface area contributed by atoms with Gasteiger partial charge in [-0.2, -0.15) is 5.10 Å². The van der Waals surface area contributed by atoms with Crippen molar-refractivity contribution in [2.75, 3.05) is 6.54 Å². The summed E-state index contributed by atoms with van der Waals surface area (Å²) in [4.78, 5) is 0. The van der Waals surface area contributed by atoms with E-state index in [1.54, 1.807) is 0 Å². The maximum Gasteiger partial charge on any atom is 0.0649 e. The normalized spacial score (nSPS) is 11.6. The molecule has 0 spiro atoms. The van der Waals surface area contributed by atoms with E-state index in [-0.39, 0.29) is 0 Å². The molecule has 0 saturated heterocycles. The molecule has 0 radical (unpaired) electrons. The van der Waals surface area contributed by atoms with Gasteiger partial charge in [-0.3, -0.25) is 0 Å². The molecule has 2 N–H and O–H groups in total. The standard InChI is InChI=1S/C17H25N3/c1-12(2)14-5-7-16(8-6-14)20-17(13(3)4)15(9-10-18)11-19-20/h5-8,11-13H,9-10,18H2,1-4H3. The first kappa shape index (κ1) is 14.8. The summed E-state index contributed by atoms with van der Waals surface area (Å²) in [7, 11) is 0. The summed E-state index contributed by atoms with van der Waals surface area (Å²) >= 11 is 0. The summed E-state index contributed by atoms with van der Waals surface area (Å²) < 4.78 is 2.06. The third-order valence-corrected chi connectivity index (χ3v) is 3.65. The summed E-state index contributed by atoms with van der Waals surface area (Å²) in [6.45, 7) is 9.49. The summed E-state index contributed by atoms with van der Waals surface area (Å²) in [5.74, 6) is 0.989. The Labute approximate surface area is 121 Å². The van der Waals surface area contributed by atoms with Crippen LogP contribution < -0.4 is 5.73 Å². The number of benzene rings is 1. The van der Waals surface area contributed by atoms with Gasteiger partial charge in [-0.05, 0) is 48.1 Å². The van der Waals surface area contributed by atoms with Crippen LogP contribution in [-0.4, -0.2) is 16.3 Å². The monoisotopic (exact) mass is 271 g/mol. The van der Waals surface area contributed by atoms with Gasteiger partial charge in [0.1, 0.15) is 0 Å². The molecule has 0 unspecified atom stereocenters. The smallest absolute Gasteiger partial charge is 0.0649 e. The molecule has 0 aliphatic rings. The molecular formula is C17H25N3. The van der Waals surface area contributed by atoms with Gasteiger partial charge in [-0.15, -0.1) is 0 Å². The molecule has 2 rings (SSSR count). The summed E-state index contributed by atoms with van der Waals surface area (Å²) in [6, 6.07) is 8.68. The van der Waals surface area contributed by atoms with Gasteiger partial charge in [0.05, 0.1) is 17.6 Å². The van der Waals surface area contributed by atoms with Crippen LogP contribution in [0.1, 0.15) is 56.4 Å². The zero-order chi connectivity index (χ0) is 14.7. The van der Waals surface area contributed by atoms with Gasteiger partial charge in [-0.1, -0.05) is 39.8 Å². The van der Waals surface area contributed by atoms with E-state index in [9.17, 15) is 0 Å². The third kappa shape index (κ3) is 2.93. The van der Waals surface area contributed by atoms with Crippen LogP contribution in [0.3, 0.4) is 0 Å². The van der Waals surface area contributed by atoms with Crippen LogP contribution in [0.25, 0.3) is 5.69 Å². The van der Waals surface area contributed by atoms with Crippen molar-refractivity contribution in [3.63, 3.8) is 0 Å². The molecule has 1 aromatic heterocycles. The van der Waals surface area contributed by atoms with Gasteiger partial charge in [0.25, 0.3) is 0 Å². The van der Waals surface area contributed by atoms with Crippen LogP contribution in [-0.2, 0) is 6.42 Å². The Morgan fingerprint density at radius 1 is 1.05 bits per heavy atom. The van der Waals surface area contributed by atoms with E-state index in [1.165, 1.54) is 16.8 Å². The average Bonchev–Trinajstić information content (AvgIpc) is 2.83. The summed E-state index contributed by atoms with van der Waals surface area (Å²) in [6.07, 6.45) is 2.84. The van der Waals surface area contributed by atoms with Crippen molar-refractivity contribution in [2.24, 2.45) is 5.73 Å². The van der Waals surface area contributed by atoms with E-state index in [2.05, 4.69) is 61.7 Å². The number of aromatic nitrogens is 2. The Hall–Kier alpha value is -1.61. The van der Waals surface area contributed by atoms with Gasteiger partial charge in [-0.25, -0.2) is 4.68 Å². The number of nitrogens with zero attached hydrogens (tertiary/aromatic N) is 2. The summed E-state index contributed by atoms with van der Waals surface area (Å²) in [5.41, 5.74) is 10.7. The van der Waals surface area contributed by atoms with Gasteiger partial charge >= 0.3 is 0 Å². The van der Waals surface area contributed by atoms with E-state index in [4.69, 9.17) is 5.73 Å². The van der Waals surface area contributed by atoms with Crippen LogP contribution >= 0.6 is 0 Å². The molecule has 0 aliphatic carbocycles. The van der Waals surface area contributed by atoms with Crippen LogP contribution in [0.15, 0.2) is 30.5 Å². The first-order valence-corrected chi connectivity index (χ1v) is 7.41. The maximum absolute atomic E-state index is 5.69. The molecule has 1 heterocycles. The average molecular weight is 271 g/mol. The predicted molar refractivity (Wildman–Crippen MR) is 84.5 cm³/mol. The number of hydrogen-bond donors (Lipinski definition) is 1. The van der Waals surface area contributed by atoms with E-state index >= 15 is 0 Å². The van der Waals surface area contributed by atoms with Crippen LogP contribution in [0.5, 0.6) is 0 Å². The molecule has 1 aromatic carbocycles. The van der Waals surface area contributed by atoms with Crippen molar-refractivity contribution in [1.82, 2.24) is 9.78 Å². The SMILES string of the molecule is CC(C)c1ccc(-n2ncc(CCN)c2C(C)C)cc1. The zero-order valence-electron chi connectivity index (χ0n) is 12.9. The van der Waals surface area contributed by atoms with Gasteiger partial charge < -0.3 is 5.73 Å². The molecule has 0 saturated carbocycles. The molecule has 0 atom stereocenters. The molecule has 0 aliphatic heterocycles. The third-order valence-electron chi connectivity index (χ3n) is 3.65. The Bertz CT molecular complexity index is 550. The Morgan fingerprint density at radius 2 is 1.70 bits per heavy atom. The Morgan fingerprint density at radius 3 is 2.20 bits per heavy atom. The highest BCUT2D eigenvalue weighted by Crippen LogP contribution is 2.24. The Kier molecular flexibility index (Phi) is 4.61. The highest BCUT2D eigenvalue weighted by Gasteiger charge is 2.15. The molecule has 3 nitrogen and oxygen atoms in total. The van der Waals surface area contributed by atoms with Crippen molar-refractivity contribution < 1.29 is 0 Å². The van der Waals surface area contributed by atoms with Crippen molar-refractivity contribution >= 4 is 0 Å². The molecule has 0 bridgehead atoms. The predicted octanol–water partition coefficient (Wildman–Crippen LogP) is 3.62. The molecule has 0 amide bonds. The van der Waals surface area contributed by atoms with Gasteiger partial charge in [0.2, 0.25) is 0 Å². The molecule has 3 heteroatoms. The minimum atomic E-state index is 0.434. The van der Waals surface area contributed by atoms with E-state index in [1.807, 2.05) is 6.20 Å². The number of rotatable bonds is 5. The minimum Gasteiger partial charge on any atom is -0.330 e. The molecule has 2 aromatic rings.